The van der Waals surface area contributed by atoms with Gasteiger partial charge < -0.3 is 4.74 Å². The van der Waals surface area contributed by atoms with Gasteiger partial charge >= 0.3 is 0 Å². The molecule has 0 unspecified atom stereocenters. The van der Waals surface area contributed by atoms with Gasteiger partial charge in [-0.05, 0) is 19.1 Å². The van der Waals surface area contributed by atoms with Crippen LogP contribution in [0.1, 0.15) is 30.5 Å². The second-order valence-corrected chi connectivity index (χ2v) is 7.67. The molecular weight excluding hydrogens is 336 g/mol. The molecule has 2 aliphatic heterocycles. The lowest BCUT2D eigenvalue weighted by Crippen LogP contribution is -2.49. The van der Waals surface area contributed by atoms with E-state index in [0.717, 1.165) is 16.9 Å². The minimum absolute atomic E-state index is 0.00337. The van der Waals surface area contributed by atoms with Gasteiger partial charge in [0.1, 0.15) is 5.75 Å². The standard InChI is InChI=1S/C18H16N4O2S/c1-18-8-13(12-5-3-4-6-14(12)24-18)22-16(23)15(25-17(22)20-18)7-11-9-19-21(2)10-11/h3-7,9-10,13H,8H2,1-2H3/b15-7-/t13-,18-/m0/s1. The van der Waals surface area contributed by atoms with E-state index in [2.05, 4.69) is 5.10 Å². The Balaban J connectivity index is 1.77. The molecule has 0 fully saturated rings. The van der Waals surface area contributed by atoms with Crippen LogP contribution in [0.15, 0.2) is 46.4 Å². The lowest BCUT2D eigenvalue weighted by molar-refractivity contribution is 0.0410. The molecule has 2 atom stereocenters. The van der Waals surface area contributed by atoms with E-state index in [1.807, 2.05) is 55.1 Å². The fourth-order valence-electron chi connectivity index (χ4n) is 3.60. The highest BCUT2D eigenvalue weighted by atomic mass is 32.1. The van der Waals surface area contributed by atoms with Crippen molar-refractivity contribution in [3.05, 3.63) is 67.5 Å². The zero-order chi connectivity index (χ0) is 17.2. The van der Waals surface area contributed by atoms with Gasteiger partial charge in [0, 0.05) is 30.8 Å². The van der Waals surface area contributed by atoms with E-state index in [0.29, 0.717) is 15.8 Å². The van der Waals surface area contributed by atoms with E-state index < -0.39 is 5.72 Å². The normalized spacial score (nSPS) is 24.2. The van der Waals surface area contributed by atoms with Gasteiger partial charge in [-0.2, -0.15) is 5.10 Å². The molecule has 7 heteroatoms. The number of thiazole rings is 1. The Morgan fingerprint density at radius 1 is 1.40 bits per heavy atom. The summed E-state index contributed by atoms with van der Waals surface area (Å²) in [5.41, 5.74) is 1.33. The Labute approximate surface area is 147 Å². The summed E-state index contributed by atoms with van der Waals surface area (Å²) in [4.78, 5) is 18.5. The second-order valence-electron chi connectivity index (χ2n) is 6.66. The van der Waals surface area contributed by atoms with Crippen LogP contribution in [0.4, 0.5) is 0 Å². The third kappa shape index (κ3) is 2.19. The zero-order valence-corrected chi connectivity index (χ0v) is 14.7. The predicted molar refractivity (Wildman–Crippen MR) is 94.4 cm³/mol. The van der Waals surface area contributed by atoms with Gasteiger partial charge in [-0.25, -0.2) is 4.99 Å². The highest BCUT2D eigenvalue weighted by Gasteiger charge is 2.42. The molecule has 0 N–H and O–H groups in total. The highest BCUT2D eigenvalue weighted by Crippen LogP contribution is 2.42. The second kappa shape index (κ2) is 4.92. The molecule has 0 saturated carbocycles. The lowest BCUT2D eigenvalue weighted by Gasteiger charge is -2.39. The maximum Gasteiger partial charge on any atom is 0.270 e. The maximum atomic E-state index is 13.1. The first-order valence-corrected chi connectivity index (χ1v) is 8.94. The lowest BCUT2D eigenvalue weighted by atomic mass is 9.93. The molecule has 0 spiro atoms. The number of benzene rings is 1. The van der Waals surface area contributed by atoms with E-state index >= 15 is 0 Å². The number of para-hydroxylation sites is 1. The van der Waals surface area contributed by atoms with Gasteiger partial charge in [0.2, 0.25) is 5.72 Å². The van der Waals surface area contributed by atoms with Crippen LogP contribution in [0.2, 0.25) is 0 Å². The minimum Gasteiger partial charge on any atom is -0.466 e. The smallest absolute Gasteiger partial charge is 0.270 e. The van der Waals surface area contributed by atoms with Gasteiger partial charge in [-0.1, -0.05) is 29.5 Å². The first-order chi connectivity index (χ1) is 12.0. The van der Waals surface area contributed by atoms with Gasteiger partial charge in [0.05, 0.1) is 16.8 Å². The van der Waals surface area contributed by atoms with Crippen molar-refractivity contribution >= 4 is 17.4 Å². The number of aryl methyl sites for hydroxylation is 1. The molecule has 5 rings (SSSR count). The summed E-state index contributed by atoms with van der Waals surface area (Å²) in [6.07, 6.45) is 6.18. The zero-order valence-electron chi connectivity index (χ0n) is 13.8. The van der Waals surface area contributed by atoms with Crippen LogP contribution in [0.5, 0.6) is 5.75 Å². The Kier molecular flexibility index (Phi) is 2.88. The summed E-state index contributed by atoms with van der Waals surface area (Å²) in [6, 6.07) is 7.87. The van der Waals surface area contributed by atoms with Crippen molar-refractivity contribution in [2.24, 2.45) is 12.0 Å². The Morgan fingerprint density at radius 2 is 2.24 bits per heavy atom. The third-order valence-corrected chi connectivity index (χ3v) is 5.67. The SMILES string of the molecule is Cn1cc(/C=c2\sc3n(c2=O)[C@H]2C[C@@](C)(N=3)Oc3ccccc32)cn1. The van der Waals surface area contributed by atoms with Gasteiger partial charge in [-0.15, -0.1) is 0 Å². The Bertz CT molecular complexity index is 1170. The summed E-state index contributed by atoms with van der Waals surface area (Å²) >= 11 is 1.41. The third-order valence-electron chi connectivity index (χ3n) is 4.68. The number of rotatable bonds is 1. The summed E-state index contributed by atoms with van der Waals surface area (Å²) in [5.74, 6) is 0.812. The molecule has 0 aliphatic carbocycles. The van der Waals surface area contributed by atoms with Gasteiger partial charge in [0.25, 0.3) is 5.56 Å². The molecule has 0 amide bonds. The molecule has 3 aromatic rings. The van der Waals surface area contributed by atoms with E-state index in [9.17, 15) is 4.79 Å². The topological polar surface area (TPSA) is 61.4 Å². The molecular formula is C18H16N4O2S. The Hall–Kier alpha value is -2.67. The fraction of sp³-hybridized carbons (Fsp3) is 0.278. The van der Waals surface area contributed by atoms with Crippen molar-refractivity contribution in [3.63, 3.8) is 0 Å². The van der Waals surface area contributed by atoms with Crippen LogP contribution >= 0.6 is 11.3 Å². The molecule has 1 aromatic carbocycles. The van der Waals surface area contributed by atoms with Crippen LogP contribution < -0.4 is 19.6 Å². The van der Waals surface area contributed by atoms with Crippen molar-refractivity contribution in [2.45, 2.75) is 25.1 Å². The molecule has 126 valence electrons. The van der Waals surface area contributed by atoms with Crippen LogP contribution in [-0.2, 0) is 7.05 Å². The number of hydrogen-bond donors (Lipinski definition) is 0. The minimum atomic E-state index is -0.623. The van der Waals surface area contributed by atoms with Crippen molar-refractivity contribution in [2.75, 3.05) is 0 Å². The fourth-order valence-corrected chi connectivity index (χ4v) is 4.73. The van der Waals surface area contributed by atoms with E-state index in [1.165, 1.54) is 11.3 Å². The molecule has 0 saturated heterocycles. The summed E-state index contributed by atoms with van der Waals surface area (Å²) in [5, 5.41) is 4.16. The van der Waals surface area contributed by atoms with Crippen molar-refractivity contribution in [1.29, 1.82) is 0 Å². The number of hydrogen-bond acceptors (Lipinski definition) is 5. The van der Waals surface area contributed by atoms with Crippen molar-refractivity contribution < 1.29 is 4.74 Å². The number of nitrogens with zero attached hydrogens (tertiary/aromatic N) is 4. The monoisotopic (exact) mass is 352 g/mol. The maximum absolute atomic E-state index is 13.1. The molecule has 4 heterocycles. The number of ether oxygens (including phenoxy) is 1. The van der Waals surface area contributed by atoms with E-state index in [1.54, 1.807) is 10.9 Å². The summed E-state index contributed by atoms with van der Waals surface area (Å²) in [6.45, 7) is 1.98. The molecule has 25 heavy (non-hydrogen) atoms. The molecule has 6 nitrogen and oxygen atoms in total. The van der Waals surface area contributed by atoms with Crippen LogP contribution in [0.25, 0.3) is 6.08 Å². The van der Waals surface area contributed by atoms with Crippen molar-refractivity contribution in [3.8, 4) is 5.75 Å². The van der Waals surface area contributed by atoms with E-state index in [-0.39, 0.29) is 11.6 Å². The number of aromatic nitrogens is 3. The van der Waals surface area contributed by atoms with E-state index in [4.69, 9.17) is 9.73 Å². The van der Waals surface area contributed by atoms with Gasteiger partial charge in [-0.3, -0.25) is 14.0 Å². The van der Waals surface area contributed by atoms with Gasteiger partial charge in [0.15, 0.2) is 4.80 Å². The number of fused-ring (bicyclic) bond motifs is 6. The summed E-state index contributed by atoms with van der Waals surface area (Å²) < 4.78 is 10.3. The molecule has 2 aromatic heterocycles. The molecule has 2 bridgehead atoms. The van der Waals surface area contributed by atoms with Crippen LogP contribution in [0.3, 0.4) is 0 Å². The molecule has 2 aliphatic rings. The first kappa shape index (κ1) is 14.7. The largest absolute Gasteiger partial charge is 0.466 e. The summed E-state index contributed by atoms with van der Waals surface area (Å²) in [7, 11) is 1.86. The predicted octanol–water partition coefficient (Wildman–Crippen LogP) is 1.19. The van der Waals surface area contributed by atoms with Crippen LogP contribution in [0, 0.1) is 0 Å². The average Bonchev–Trinajstić information content (AvgIpc) is 3.10. The first-order valence-electron chi connectivity index (χ1n) is 8.12. The Morgan fingerprint density at radius 3 is 3.04 bits per heavy atom. The molecule has 0 radical (unpaired) electrons. The quantitative estimate of drug-likeness (QED) is 0.661. The van der Waals surface area contributed by atoms with Crippen LogP contribution in [-0.4, -0.2) is 20.1 Å². The van der Waals surface area contributed by atoms with Crippen molar-refractivity contribution in [1.82, 2.24) is 14.3 Å². The average molecular weight is 352 g/mol. The highest BCUT2D eigenvalue weighted by molar-refractivity contribution is 7.07.